The molecule has 0 spiro atoms. The SMILES string of the molecule is CNc1c(O)cc(-c2ccccc2)c2sc3ccccc3c12. The van der Waals surface area contributed by atoms with Crippen molar-refractivity contribution >= 4 is 37.2 Å². The summed E-state index contributed by atoms with van der Waals surface area (Å²) in [5, 5.41) is 15.9. The van der Waals surface area contributed by atoms with Crippen molar-refractivity contribution in [3.8, 4) is 16.9 Å². The highest BCUT2D eigenvalue weighted by atomic mass is 32.1. The zero-order chi connectivity index (χ0) is 15.1. The van der Waals surface area contributed by atoms with Gasteiger partial charge in [0.2, 0.25) is 0 Å². The van der Waals surface area contributed by atoms with Gasteiger partial charge >= 0.3 is 0 Å². The molecule has 3 heteroatoms. The fourth-order valence-electron chi connectivity index (χ4n) is 2.97. The smallest absolute Gasteiger partial charge is 0.140 e. The van der Waals surface area contributed by atoms with Gasteiger partial charge in [-0.05, 0) is 17.7 Å². The fourth-order valence-corrected chi connectivity index (χ4v) is 4.22. The molecular weight excluding hydrogens is 290 g/mol. The van der Waals surface area contributed by atoms with Crippen LogP contribution in [0.2, 0.25) is 0 Å². The van der Waals surface area contributed by atoms with Gasteiger partial charge in [0, 0.05) is 32.8 Å². The number of hydrogen-bond acceptors (Lipinski definition) is 3. The number of hydrogen-bond donors (Lipinski definition) is 2. The highest BCUT2D eigenvalue weighted by Crippen LogP contribution is 2.47. The molecule has 22 heavy (non-hydrogen) atoms. The Balaban J connectivity index is 2.20. The van der Waals surface area contributed by atoms with Crippen LogP contribution in [-0.4, -0.2) is 12.2 Å². The molecule has 0 atom stereocenters. The third kappa shape index (κ3) is 1.86. The Morgan fingerprint density at radius 1 is 0.955 bits per heavy atom. The minimum atomic E-state index is 0.289. The summed E-state index contributed by atoms with van der Waals surface area (Å²) in [4.78, 5) is 0. The number of benzene rings is 3. The first-order chi connectivity index (χ1) is 10.8. The maximum Gasteiger partial charge on any atom is 0.140 e. The van der Waals surface area contributed by atoms with E-state index in [1.807, 2.05) is 37.4 Å². The van der Waals surface area contributed by atoms with Crippen molar-refractivity contribution in [1.82, 2.24) is 0 Å². The Morgan fingerprint density at radius 2 is 1.68 bits per heavy atom. The van der Waals surface area contributed by atoms with Crippen LogP contribution in [0.1, 0.15) is 0 Å². The Labute approximate surface area is 132 Å². The maximum atomic E-state index is 10.5. The monoisotopic (exact) mass is 305 g/mol. The van der Waals surface area contributed by atoms with Crippen LogP contribution >= 0.6 is 11.3 Å². The predicted molar refractivity (Wildman–Crippen MR) is 96.0 cm³/mol. The van der Waals surface area contributed by atoms with Crippen LogP contribution in [0.4, 0.5) is 5.69 Å². The maximum absolute atomic E-state index is 10.5. The Bertz CT molecular complexity index is 973. The molecule has 0 amide bonds. The third-order valence-corrected chi connectivity index (χ3v) is 5.17. The van der Waals surface area contributed by atoms with Crippen molar-refractivity contribution in [2.24, 2.45) is 0 Å². The van der Waals surface area contributed by atoms with E-state index in [2.05, 4.69) is 35.6 Å². The van der Waals surface area contributed by atoms with E-state index < -0.39 is 0 Å². The van der Waals surface area contributed by atoms with Gasteiger partial charge in [0.05, 0.1) is 5.69 Å². The zero-order valence-electron chi connectivity index (χ0n) is 12.1. The summed E-state index contributed by atoms with van der Waals surface area (Å²) in [6, 6.07) is 20.4. The number of phenolic OH excluding ortho intramolecular Hbond substituents is 1. The summed E-state index contributed by atoms with van der Waals surface area (Å²) in [5.41, 5.74) is 3.00. The Kier molecular flexibility index (Phi) is 3.01. The second-order valence-corrected chi connectivity index (χ2v) is 6.29. The number of fused-ring (bicyclic) bond motifs is 3. The first-order valence-electron chi connectivity index (χ1n) is 7.20. The van der Waals surface area contributed by atoms with Crippen LogP contribution in [0, 0.1) is 0 Å². The molecule has 0 unspecified atom stereocenters. The minimum absolute atomic E-state index is 0.289. The molecule has 2 N–H and O–H groups in total. The van der Waals surface area contributed by atoms with E-state index in [-0.39, 0.29) is 5.75 Å². The van der Waals surface area contributed by atoms with E-state index in [0.717, 1.165) is 22.2 Å². The van der Waals surface area contributed by atoms with Gasteiger partial charge in [0.15, 0.2) is 0 Å². The molecular formula is C19H15NOS. The van der Waals surface area contributed by atoms with Gasteiger partial charge < -0.3 is 10.4 Å². The molecule has 1 aromatic heterocycles. The number of phenols is 1. The van der Waals surface area contributed by atoms with Crippen molar-refractivity contribution in [2.45, 2.75) is 0 Å². The van der Waals surface area contributed by atoms with Crippen molar-refractivity contribution in [2.75, 3.05) is 12.4 Å². The topological polar surface area (TPSA) is 32.3 Å². The van der Waals surface area contributed by atoms with Gasteiger partial charge in [-0.15, -0.1) is 11.3 Å². The van der Waals surface area contributed by atoms with Gasteiger partial charge in [-0.2, -0.15) is 0 Å². The molecule has 0 radical (unpaired) electrons. The molecule has 0 fully saturated rings. The Hall–Kier alpha value is -2.52. The van der Waals surface area contributed by atoms with Gasteiger partial charge in [0.25, 0.3) is 0 Å². The van der Waals surface area contributed by atoms with E-state index >= 15 is 0 Å². The molecule has 0 aliphatic carbocycles. The summed E-state index contributed by atoms with van der Waals surface area (Å²) in [6.07, 6.45) is 0. The first-order valence-corrected chi connectivity index (χ1v) is 8.01. The average molecular weight is 305 g/mol. The standard InChI is InChI=1S/C19H15NOS/c1-20-18-15(21)11-14(12-7-3-2-4-8-12)19-17(18)13-9-5-6-10-16(13)22-19/h2-11,20-21H,1H3. The van der Waals surface area contributed by atoms with E-state index in [4.69, 9.17) is 0 Å². The molecule has 0 aliphatic rings. The second-order valence-electron chi connectivity index (χ2n) is 5.24. The number of rotatable bonds is 2. The van der Waals surface area contributed by atoms with Crippen LogP contribution < -0.4 is 5.32 Å². The molecule has 0 saturated carbocycles. The van der Waals surface area contributed by atoms with Crippen molar-refractivity contribution in [3.05, 3.63) is 60.7 Å². The van der Waals surface area contributed by atoms with Crippen molar-refractivity contribution in [3.63, 3.8) is 0 Å². The van der Waals surface area contributed by atoms with Crippen LogP contribution in [0.3, 0.4) is 0 Å². The average Bonchev–Trinajstić information content (AvgIpc) is 2.94. The molecule has 4 rings (SSSR count). The normalized spacial score (nSPS) is 11.1. The number of anilines is 1. The lowest BCUT2D eigenvalue weighted by atomic mass is 10.0. The van der Waals surface area contributed by atoms with Crippen LogP contribution in [-0.2, 0) is 0 Å². The highest BCUT2D eigenvalue weighted by molar-refractivity contribution is 7.26. The lowest BCUT2D eigenvalue weighted by Gasteiger charge is -2.11. The van der Waals surface area contributed by atoms with Crippen LogP contribution in [0.25, 0.3) is 31.3 Å². The molecule has 2 nitrogen and oxygen atoms in total. The molecule has 1 heterocycles. The van der Waals surface area contributed by atoms with E-state index in [0.29, 0.717) is 0 Å². The highest BCUT2D eigenvalue weighted by Gasteiger charge is 2.17. The molecule has 108 valence electrons. The number of aromatic hydroxyl groups is 1. The van der Waals surface area contributed by atoms with Crippen LogP contribution in [0.5, 0.6) is 5.75 Å². The van der Waals surface area contributed by atoms with E-state index in [1.54, 1.807) is 11.3 Å². The predicted octanol–water partition coefficient (Wildman–Crippen LogP) is 5.47. The molecule has 3 aromatic carbocycles. The summed E-state index contributed by atoms with van der Waals surface area (Å²) < 4.78 is 2.44. The largest absolute Gasteiger partial charge is 0.506 e. The molecule has 4 aromatic rings. The van der Waals surface area contributed by atoms with Gasteiger partial charge in [-0.3, -0.25) is 0 Å². The first kappa shape index (κ1) is 13.2. The second kappa shape index (κ2) is 5.04. The summed E-state index contributed by atoms with van der Waals surface area (Å²) in [7, 11) is 1.85. The summed E-state index contributed by atoms with van der Waals surface area (Å²) in [6.45, 7) is 0. The van der Waals surface area contributed by atoms with E-state index in [9.17, 15) is 5.11 Å². The zero-order valence-corrected chi connectivity index (χ0v) is 12.9. The Morgan fingerprint density at radius 3 is 2.45 bits per heavy atom. The number of thiophene rings is 1. The van der Waals surface area contributed by atoms with Crippen LogP contribution in [0.15, 0.2) is 60.7 Å². The van der Waals surface area contributed by atoms with Gasteiger partial charge in [-0.25, -0.2) is 0 Å². The van der Waals surface area contributed by atoms with Crippen molar-refractivity contribution < 1.29 is 5.11 Å². The third-order valence-electron chi connectivity index (χ3n) is 3.96. The number of nitrogens with one attached hydrogen (secondary N) is 1. The van der Waals surface area contributed by atoms with Gasteiger partial charge in [-0.1, -0.05) is 48.5 Å². The van der Waals surface area contributed by atoms with Crippen molar-refractivity contribution in [1.29, 1.82) is 0 Å². The fraction of sp³-hybridized carbons (Fsp3) is 0.0526. The summed E-state index contributed by atoms with van der Waals surface area (Å²) >= 11 is 1.77. The van der Waals surface area contributed by atoms with E-state index in [1.165, 1.54) is 14.8 Å². The van der Waals surface area contributed by atoms with Gasteiger partial charge in [0.1, 0.15) is 5.75 Å². The lowest BCUT2D eigenvalue weighted by Crippen LogP contribution is -1.91. The molecule has 0 bridgehead atoms. The minimum Gasteiger partial charge on any atom is -0.506 e. The summed E-state index contributed by atoms with van der Waals surface area (Å²) in [5.74, 6) is 0.289. The quantitative estimate of drug-likeness (QED) is 0.481. The molecule has 0 saturated heterocycles. The lowest BCUT2D eigenvalue weighted by molar-refractivity contribution is 0.478. The molecule has 0 aliphatic heterocycles.